The highest BCUT2D eigenvalue weighted by molar-refractivity contribution is 7.99. The van der Waals surface area contributed by atoms with Gasteiger partial charge in [0.2, 0.25) is 0 Å². The SMILES string of the molecule is CC1CSCC1Nc1ccc(NC(N)=O)cc1. The van der Waals surface area contributed by atoms with E-state index in [1.54, 1.807) is 0 Å². The van der Waals surface area contributed by atoms with E-state index in [0.717, 1.165) is 17.1 Å². The number of nitrogens with one attached hydrogen (secondary N) is 2. The van der Waals surface area contributed by atoms with Gasteiger partial charge in [0.05, 0.1) is 0 Å². The van der Waals surface area contributed by atoms with Crippen molar-refractivity contribution in [3.8, 4) is 0 Å². The van der Waals surface area contributed by atoms with Crippen LogP contribution in [0.15, 0.2) is 24.3 Å². The molecule has 4 N–H and O–H groups in total. The van der Waals surface area contributed by atoms with Crippen molar-refractivity contribution in [2.24, 2.45) is 11.7 Å². The third-order valence-corrected chi connectivity index (χ3v) is 4.23. The Balaban J connectivity index is 1.95. The number of hydrogen-bond acceptors (Lipinski definition) is 3. The summed E-state index contributed by atoms with van der Waals surface area (Å²) in [7, 11) is 0. The van der Waals surface area contributed by atoms with Gasteiger partial charge >= 0.3 is 6.03 Å². The average molecular weight is 251 g/mol. The molecule has 17 heavy (non-hydrogen) atoms. The van der Waals surface area contributed by atoms with Crippen LogP contribution in [0.4, 0.5) is 16.2 Å². The average Bonchev–Trinajstić information content (AvgIpc) is 2.67. The molecular formula is C12H17N3OS. The number of benzene rings is 1. The number of amides is 2. The second kappa shape index (κ2) is 5.31. The molecule has 1 heterocycles. The summed E-state index contributed by atoms with van der Waals surface area (Å²) in [4.78, 5) is 10.7. The summed E-state index contributed by atoms with van der Waals surface area (Å²) in [5, 5.41) is 6.05. The van der Waals surface area contributed by atoms with E-state index in [-0.39, 0.29) is 0 Å². The molecule has 1 saturated heterocycles. The zero-order valence-electron chi connectivity index (χ0n) is 9.77. The molecular weight excluding hydrogens is 234 g/mol. The molecule has 2 unspecified atom stereocenters. The van der Waals surface area contributed by atoms with Gasteiger partial charge in [-0.2, -0.15) is 11.8 Å². The second-order valence-corrected chi connectivity index (χ2v) is 5.41. The van der Waals surface area contributed by atoms with Crippen LogP contribution in [0.1, 0.15) is 6.92 Å². The van der Waals surface area contributed by atoms with Gasteiger partial charge in [0, 0.05) is 23.2 Å². The lowest BCUT2D eigenvalue weighted by atomic mass is 10.1. The van der Waals surface area contributed by atoms with Crippen LogP contribution in [0.3, 0.4) is 0 Å². The standard InChI is InChI=1S/C12H17N3OS/c1-8-6-17-7-11(8)14-9-2-4-10(5-3-9)15-12(13)16/h2-5,8,11,14H,6-7H2,1H3,(H3,13,15,16). The lowest BCUT2D eigenvalue weighted by Gasteiger charge is -2.18. The second-order valence-electron chi connectivity index (χ2n) is 4.33. The molecule has 4 nitrogen and oxygen atoms in total. The smallest absolute Gasteiger partial charge is 0.316 e. The minimum absolute atomic E-state index is 0.536. The number of urea groups is 1. The summed E-state index contributed by atoms with van der Waals surface area (Å²) in [6.45, 7) is 2.26. The van der Waals surface area contributed by atoms with Crippen molar-refractivity contribution >= 4 is 29.2 Å². The van der Waals surface area contributed by atoms with E-state index in [4.69, 9.17) is 5.73 Å². The molecule has 1 aliphatic heterocycles. The zero-order valence-corrected chi connectivity index (χ0v) is 10.6. The summed E-state index contributed by atoms with van der Waals surface area (Å²) < 4.78 is 0. The van der Waals surface area contributed by atoms with Crippen LogP contribution >= 0.6 is 11.8 Å². The molecule has 1 aromatic rings. The fraction of sp³-hybridized carbons (Fsp3) is 0.417. The Morgan fingerprint density at radius 1 is 1.29 bits per heavy atom. The monoisotopic (exact) mass is 251 g/mol. The molecule has 0 radical (unpaired) electrons. The molecule has 2 rings (SSSR count). The highest BCUT2D eigenvalue weighted by atomic mass is 32.2. The van der Waals surface area contributed by atoms with E-state index in [0.29, 0.717) is 12.0 Å². The molecule has 0 spiro atoms. The lowest BCUT2D eigenvalue weighted by Crippen LogP contribution is -2.25. The van der Waals surface area contributed by atoms with Crippen molar-refractivity contribution in [2.45, 2.75) is 13.0 Å². The maximum Gasteiger partial charge on any atom is 0.316 e. The predicted molar refractivity (Wildman–Crippen MR) is 73.5 cm³/mol. The van der Waals surface area contributed by atoms with Gasteiger partial charge in [-0.1, -0.05) is 6.92 Å². The Kier molecular flexibility index (Phi) is 3.78. The fourth-order valence-electron chi connectivity index (χ4n) is 1.85. The zero-order chi connectivity index (χ0) is 12.3. The predicted octanol–water partition coefficient (Wildman–Crippen LogP) is 2.34. The Bertz CT molecular complexity index is 393. The van der Waals surface area contributed by atoms with E-state index in [2.05, 4.69) is 17.6 Å². The van der Waals surface area contributed by atoms with Gasteiger partial charge in [-0.15, -0.1) is 0 Å². The van der Waals surface area contributed by atoms with Crippen LogP contribution in [-0.2, 0) is 0 Å². The van der Waals surface area contributed by atoms with Crippen molar-refractivity contribution in [3.63, 3.8) is 0 Å². The summed E-state index contributed by atoms with van der Waals surface area (Å²) in [6.07, 6.45) is 0. The molecule has 1 fully saturated rings. The molecule has 0 bridgehead atoms. The molecule has 92 valence electrons. The van der Waals surface area contributed by atoms with Gasteiger partial charge in [0.1, 0.15) is 0 Å². The number of carbonyl (C=O) groups is 1. The maximum absolute atomic E-state index is 10.7. The molecule has 0 aliphatic carbocycles. The number of hydrogen-bond donors (Lipinski definition) is 3. The Morgan fingerprint density at radius 3 is 2.47 bits per heavy atom. The van der Waals surface area contributed by atoms with Gasteiger partial charge < -0.3 is 16.4 Å². The first-order valence-corrected chi connectivity index (χ1v) is 6.81. The van der Waals surface area contributed by atoms with Crippen molar-refractivity contribution in [1.29, 1.82) is 0 Å². The van der Waals surface area contributed by atoms with E-state index < -0.39 is 6.03 Å². The van der Waals surface area contributed by atoms with Crippen LogP contribution in [0.25, 0.3) is 0 Å². The van der Waals surface area contributed by atoms with Gasteiger partial charge in [-0.05, 0) is 35.9 Å². The molecule has 1 aromatic carbocycles. The van der Waals surface area contributed by atoms with Gasteiger partial charge in [0.25, 0.3) is 0 Å². The van der Waals surface area contributed by atoms with Gasteiger partial charge in [0.15, 0.2) is 0 Å². The molecule has 2 atom stereocenters. The lowest BCUT2D eigenvalue weighted by molar-refractivity contribution is 0.259. The van der Waals surface area contributed by atoms with Crippen LogP contribution in [0.2, 0.25) is 0 Å². The van der Waals surface area contributed by atoms with Crippen molar-refractivity contribution in [2.75, 3.05) is 22.1 Å². The summed E-state index contributed by atoms with van der Waals surface area (Å²) in [6, 6.07) is 7.61. The summed E-state index contributed by atoms with van der Waals surface area (Å²) >= 11 is 1.99. The number of anilines is 2. The van der Waals surface area contributed by atoms with Crippen molar-refractivity contribution in [3.05, 3.63) is 24.3 Å². The minimum Gasteiger partial charge on any atom is -0.381 e. The topological polar surface area (TPSA) is 67.2 Å². The Labute approximate surface area is 105 Å². The molecule has 2 amide bonds. The molecule has 0 aromatic heterocycles. The number of carbonyl (C=O) groups excluding carboxylic acids is 1. The minimum atomic E-state index is -0.536. The number of thioether (sulfide) groups is 1. The Morgan fingerprint density at radius 2 is 1.94 bits per heavy atom. The third kappa shape index (κ3) is 3.30. The molecule has 5 heteroatoms. The Hall–Kier alpha value is -1.36. The van der Waals surface area contributed by atoms with Crippen molar-refractivity contribution in [1.82, 2.24) is 0 Å². The summed E-state index contributed by atoms with van der Waals surface area (Å²) in [5.74, 6) is 3.07. The first-order valence-electron chi connectivity index (χ1n) is 5.66. The van der Waals surface area contributed by atoms with E-state index in [9.17, 15) is 4.79 Å². The first kappa shape index (κ1) is 12.1. The number of nitrogens with two attached hydrogens (primary N) is 1. The molecule has 0 saturated carbocycles. The van der Waals surface area contributed by atoms with Crippen LogP contribution in [-0.4, -0.2) is 23.6 Å². The van der Waals surface area contributed by atoms with E-state index in [1.807, 2.05) is 36.0 Å². The van der Waals surface area contributed by atoms with Crippen LogP contribution in [0, 0.1) is 5.92 Å². The van der Waals surface area contributed by atoms with E-state index in [1.165, 1.54) is 5.75 Å². The number of rotatable bonds is 3. The van der Waals surface area contributed by atoms with E-state index >= 15 is 0 Å². The normalized spacial score (nSPS) is 23.4. The quantitative estimate of drug-likeness (QED) is 0.772. The fourth-order valence-corrected chi connectivity index (χ4v) is 3.26. The molecule has 1 aliphatic rings. The number of primary amides is 1. The maximum atomic E-state index is 10.7. The summed E-state index contributed by atoms with van der Waals surface area (Å²) in [5.41, 5.74) is 6.85. The highest BCUT2D eigenvalue weighted by Crippen LogP contribution is 2.26. The van der Waals surface area contributed by atoms with Gasteiger partial charge in [-0.25, -0.2) is 4.79 Å². The largest absolute Gasteiger partial charge is 0.381 e. The highest BCUT2D eigenvalue weighted by Gasteiger charge is 2.23. The van der Waals surface area contributed by atoms with Crippen LogP contribution in [0.5, 0.6) is 0 Å². The van der Waals surface area contributed by atoms with Crippen LogP contribution < -0.4 is 16.4 Å². The first-order chi connectivity index (χ1) is 8.15. The third-order valence-electron chi connectivity index (χ3n) is 2.87. The van der Waals surface area contributed by atoms with Gasteiger partial charge in [-0.3, -0.25) is 0 Å². The van der Waals surface area contributed by atoms with Crippen molar-refractivity contribution < 1.29 is 4.79 Å².